The van der Waals surface area contributed by atoms with Gasteiger partial charge < -0.3 is 20.1 Å². The summed E-state index contributed by atoms with van der Waals surface area (Å²) in [4.78, 5) is 39.0. The number of aromatic nitrogens is 2. The molecule has 3 aromatic rings. The van der Waals surface area contributed by atoms with Crippen LogP contribution in [-0.2, 0) is 6.54 Å². The Bertz CT molecular complexity index is 1060. The number of H-pyrrole nitrogens is 1. The molecule has 0 radical (unpaired) electrons. The van der Waals surface area contributed by atoms with E-state index in [1.807, 2.05) is 36.1 Å². The number of nitrogens with one attached hydrogen (secondary N) is 2. The molecule has 0 unspecified atom stereocenters. The quantitative estimate of drug-likeness (QED) is 0.524. The minimum atomic E-state index is -0.139. The first-order valence-corrected chi connectivity index (χ1v) is 12.2. The van der Waals surface area contributed by atoms with Crippen molar-refractivity contribution in [1.82, 2.24) is 20.2 Å². The van der Waals surface area contributed by atoms with E-state index in [1.165, 1.54) is 11.3 Å². The number of aromatic amines is 1. The lowest BCUT2D eigenvalue weighted by atomic mass is 10.2. The number of anilines is 2. The van der Waals surface area contributed by atoms with E-state index in [0.717, 1.165) is 36.6 Å². The van der Waals surface area contributed by atoms with Gasteiger partial charge in [0.15, 0.2) is 0 Å². The molecule has 0 spiro atoms. The number of urea groups is 1. The van der Waals surface area contributed by atoms with Crippen molar-refractivity contribution in [2.24, 2.45) is 0 Å². The Kier molecular flexibility index (Phi) is 7.51. The van der Waals surface area contributed by atoms with Crippen LogP contribution in [0.3, 0.4) is 0 Å². The number of hydrogen-bond donors (Lipinski definition) is 2. The highest BCUT2D eigenvalue weighted by molar-refractivity contribution is 7.17. The SMILES string of the molecule is CCCNC(=O)N(Cc1cnc[nH]1)c1ccc(N2CCN(C(=O)c3ccc(Cl)s3)CC2)cc1. The Labute approximate surface area is 202 Å². The second-order valence-corrected chi connectivity index (χ2v) is 9.51. The summed E-state index contributed by atoms with van der Waals surface area (Å²) in [5, 5.41) is 2.95. The van der Waals surface area contributed by atoms with Crippen molar-refractivity contribution in [1.29, 1.82) is 0 Å². The van der Waals surface area contributed by atoms with E-state index in [9.17, 15) is 9.59 Å². The van der Waals surface area contributed by atoms with Crippen LogP contribution in [0.15, 0.2) is 48.9 Å². The molecule has 2 N–H and O–H groups in total. The number of carbonyl (C=O) groups is 2. The fourth-order valence-corrected chi connectivity index (χ4v) is 4.76. The molecule has 1 saturated heterocycles. The standard InChI is InChI=1S/C23H27ClN6O2S/c1-2-9-26-23(32)30(15-17-14-25-16-27-17)19-5-3-18(4-6-19)28-10-12-29(13-11-28)22(31)20-7-8-21(24)33-20/h3-8,14,16H,2,9-13,15H2,1H3,(H,25,27)(H,26,32). The predicted molar refractivity (Wildman–Crippen MR) is 132 cm³/mol. The number of thiophene rings is 1. The van der Waals surface area contributed by atoms with E-state index in [2.05, 4.69) is 20.2 Å². The molecule has 1 aromatic carbocycles. The normalized spacial score (nSPS) is 13.8. The van der Waals surface area contributed by atoms with Crippen LogP contribution in [0.1, 0.15) is 28.7 Å². The number of benzene rings is 1. The smallest absolute Gasteiger partial charge is 0.322 e. The number of carbonyl (C=O) groups excluding carboxylic acids is 2. The monoisotopic (exact) mass is 486 g/mol. The van der Waals surface area contributed by atoms with Gasteiger partial charge in [-0.15, -0.1) is 11.3 Å². The van der Waals surface area contributed by atoms with Gasteiger partial charge in [0.05, 0.1) is 27.8 Å². The Hall–Kier alpha value is -3.04. The van der Waals surface area contributed by atoms with Gasteiger partial charge in [-0.3, -0.25) is 9.69 Å². The van der Waals surface area contributed by atoms with Crippen molar-refractivity contribution in [3.8, 4) is 0 Å². The van der Waals surface area contributed by atoms with Gasteiger partial charge in [-0.1, -0.05) is 18.5 Å². The average Bonchev–Trinajstić information content (AvgIpc) is 3.52. The van der Waals surface area contributed by atoms with E-state index in [-0.39, 0.29) is 11.9 Å². The Morgan fingerprint density at radius 3 is 2.52 bits per heavy atom. The van der Waals surface area contributed by atoms with Gasteiger partial charge in [-0.2, -0.15) is 0 Å². The zero-order valence-corrected chi connectivity index (χ0v) is 20.0. The molecule has 33 heavy (non-hydrogen) atoms. The van der Waals surface area contributed by atoms with Crippen LogP contribution in [0.4, 0.5) is 16.2 Å². The molecule has 2 aromatic heterocycles. The lowest BCUT2D eigenvalue weighted by molar-refractivity contribution is 0.0751. The van der Waals surface area contributed by atoms with Crippen LogP contribution >= 0.6 is 22.9 Å². The topological polar surface area (TPSA) is 84.6 Å². The van der Waals surface area contributed by atoms with Crippen molar-refractivity contribution in [3.63, 3.8) is 0 Å². The number of halogens is 1. The van der Waals surface area contributed by atoms with Crippen molar-refractivity contribution in [3.05, 3.63) is 63.8 Å². The maximum Gasteiger partial charge on any atom is 0.322 e. The third kappa shape index (κ3) is 5.66. The highest BCUT2D eigenvalue weighted by atomic mass is 35.5. The summed E-state index contributed by atoms with van der Waals surface area (Å²) in [6, 6.07) is 11.4. The van der Waals surface area contributed by atoms with E-state index in [1.54, 1.807) is 29.6 Å². The van der Waals surface area contributed by atoms with E-state index < -0.39 is 0 Å². The molecule has 1 aliphatic rings. The Morgan fingerprint density at radius 1 is 1.15 bits per heavy atom. The maximum absolute atomic E-state index is 12.8. The maximum atomic E-state index is 12.8. The fourth-order valence-electron chi connectivity index (χ4n) is 3.75. The van der Waals surface area contributed by atoms with Crippen LogP contribution in [0.25, 0.3) is 0 Å². The highest BCUT2D eigenvalue weighted by Gasteiger charge is 2.24. The van der Waals surface area contributed by atoms with Gasteiger partial charge in [0.25, 0.3) is 5.91 Å². The molecule has 3 heterocycles. The van der Waals surface area contributed by atoms with E-state index in [0.29, 0.717) is 35.4 Å². The van der Waals surface area contributed by atoms with Crippen LogP contribution in [0, 0.1) is 0 Å². The summed E-state index contributed by atoms with van der Waals surface area (Å²) >= 11 is 7.29. The van der Waals surface area contributed by atoms with Crippen LogP contribution in [-0.4, -0.2) is 59.5 Å². The van der Waals surface area contributed by atoms with Gasteiger partial charge in [-0.25, -0.2) is 9.78 Å². The molecular weight excluding hydrogens is 460 g/mol. The highest BCUT2D eigenvalue weighted by Crippen LogP contribution is 2.26. The summed E-state index contributed by atoms with van der Waals surface area (Å²) in [6.07, 6.45) is 4.20. The molecule has 1 aliphatic heterocycles. The van der Waals surface area contributed by atoms with Crippen molar-refractivity contribution >= 4 is 46.3 Å². The lowest BCUT2D eigenvalue weighted by Gasteiger charge is -2.36. The third-order valence-corrected chi connectivity index (χ3v) is 6.75. The zero-order valence-electron chi connectivity index (χ0n) is 18.5. The average molecular weight is 487 g/mol. The first-order valence-electron chi connectivity index (χ1n) is 11.0. The summed E-state index contributed by atoms with van der Waals surface area (Å²) in [5.74, 6) is 0.0365. The fraction of sp³-hybridized carbons (Fsp3) is 0.348. The second kappa shape index (κ2) is 10.7. The number of piperazine rings is 1. The molecule has 1 fully saturated rings. The number of amides is 3. The lowest BCUT2D eigenvalue weighted by Crippen LogP contribution is -2.48. The van der Waals surface area contributed by atoms with Gasteiger partial charge >= 0.3 is 6.03 Å². The number of nitrogens with zero attached hydrogens (tertiary/aromatic N) is 4. The summed E-state index contributed by atoms with van der Waals surface area (Å²) in [7, 11) is 0. The number of hydrogen-bond acceptors (Lipinski definition) is 5. The minimum Gasteiger partial charge on any atom is -0.368 e. The first kappa shape index (κ1) is 23.1. The summed E-state index contributed by atoms with van der Waals surface area (Å²) in [6.45, 7) is 5.86. The van der Waals surface area contributed by atoms with E-state index in [4.69, 9.17) is 11.6 Å². The van der Waals surface area contributed by atoms with Gasteiger partial charge in [0, 0.05) is 50.3 Å². The predicted octanol–water partition coefficient (Wildman–Crippen LogP) is 4.21. The molecule has 0 aliphatic carbocycles. The largest absolute Gasteiger partial charge is 0.368 e. The molecule has 0 bridgehead atoms. The summed E-state index contributed by atoms with van der Waals surface area (Å²) in [5.41, 5.74) is 2.74. The van der Waals surface area contributed by atoms with Gasteiger partial charge in [0.2, 0.25) is 0 Å². The second-order valence-electron chi connectivity index (χ2n) is 7.79. The van der Waals surface area contributed by atoms with Crippen LogP contribution in [0.2, 0.25) is 4.34 Å². The van der Waals surface area contributed by atoms with Gasteiger partial charge in [0.1, 0.15) is 0 Å². The molecule has 0 saturated carbocycles. The minimum absolute atomic E-state index is 0.0365. The van der Waals surface area contributed by atoms with Gasteiger partial charge in [-0.05, 0) is 42.8 Å². The Balaban J connectivity index is 1.40. The van der Waals surface area contributed by atoms with Crippen LogP contribution < -0.4 is 15.1 Å². The van der Waals surface area contributed by atoms with Crippen molar-refractivity contribution < 1.29 is 9.59 Å². The zero-order chi connectivity index (χ0) is 23.2. The molecule has 0 atom stereocenters. The van der Waals surface area contributed by atoms with Crippen molar-refractivity contribution in [2.45, 2.75) is 19.9 Å². The molecule has 10 heteroatoms. The van der Waals surface area contributed by atoms with Crippen molar-refractivity contribution in [2.75, 3.05) is 42.5 Å². The Morgan fingerprint density at radius 2 is 1.91 bits per heavy atom. The molecule has 3 amide bonds. The molecule has 174 valence electrons. The summed E-state index contributed by atoms with van der Waals surface area (Å²) < 4.78 is 0.627. The van der Waals surface area contributed by atoms with E-state index >= 15 is 0 Å². The van der Waals surface area contributed by atoms with Crippen LogP contribution in [0.5, 0.6) is 0 Å². The number of imidazole rings is 1. The molecule has 8 nitrogen and oxygen atoms in total. The number of rotatable bonds is 7. The third-order valence-electron chi connectivity index (χ3n) is 5.53. The first-order chi connectivity index (χ1) is 16.0. The molecular formula is C23H27ClN6O2S. The molecule has 4 rings (SSSR count).